The van der Waals surface area contributed by atoms with E-state index < -0.39 is 70.4 Å². The molecule has 1 aromatic carbocycles. The highest BCUT2D eigenvalue weighted by Crippen LogP contribution is 2.32. The fraction of sp³-hybridized carbons (Fsp3) is 0.609. The van der Waals surface area contributed by atoms with Crippen LogP contribution >= 0.6 is 0 Å². The molecule has 2 fully saturated rings. The first kappa shape index (κ1) is 26.5. The fourth-order valence-electron chi connectivity index (χ4n) is 4.02. The Labute approximate surface area is 201 Å². The summed E-state index contributed by atoms with van der Waals surface area (Å²) in [6.45, 7) is 7.49. The number of imide groups is 2. The van der Waals surface area contributed by atoms with Crippen molar-refractivity contribution in [3.05, 3.63) is 35.1 Å². The summed E-state index contributed by atoms with van der Waals surface area (Å²) in [4.78, 5) is 39.0. The molecule has 2 N–H and O–H groups in total. The van der Waals surface area contributed by atoms with Crippen molar-refractivity contribution in [3.8, 4) is 0 Å². The lowest BCUT2D eigenvalue weighted by Crippen LogP contribution is -2.62. The number of halogens is 2. The molecule has 4 atom stereocenters. The van der Waals surface area contributed by atoms with Crippen molar-refractivity contribution in [1.29, 1.82) is 0 Å². The van der Waals surface area contributed by atoms with Crippen molar-refractivity contribution >= 4 is 29.2 Å². The monoisotopic (exact) mass is 499 g/mol. The number of nitrogens with zero attached hydrogens (tertiary/aromatic N) is 1. The van der Waals surface area contributed by atoms with Crippen molar-refractivity contribution in [1.82, 2.24) is 14.9 Å². The molecule has 0 aliphatic carbocycles. The molecule has 3 rings (SSSR count). The number of nitrogens with one attached hydrogen (secondary N) is 2. The van der Waals surface area contributed by atoms with Crippen molar-refractivity contribution in [2.24, 2.45) is 5.92 Å². The first-order valence-electron chi connectivity index (χ1n) is 11.2. The first-order valence-corrected chi connectivity index (χ1v) is 12.4. The third kappa shape index (κ3) is 5.94. The molecule has 11 heteroatoms. The summed E-state index contributed by atoms with van der Waals surface area (Å²) in [6.07, 6.45) is -1.72. The molecule has 8 nitrogen and oxygen atoms in total. The molecule has 34 heavy (non-hydrogen) atoms. The van der Waals surface area contributed by atoms with E-state index in [4.69, 9.17) is 4.74 Å². The Morgan fingerprint density at radius 3 is 2.53 bits per heavy atom. The first-order chi connectivity index (χ1) is 15.9. The van der Waals surface area contributed by atoms with Crippen LogP contribution in [-0.4, -0.2) is 57.5 Å². The van der Waals surface area contributed by atoms with Crippen LogP contribution in [0.5, 0.6) is 0 Å². The zero-order valence-electron chi connectivity index (χ0n) is 19.7. The van der Waals surface area contributed by atoms with Gasteiger partial charge in [0.2, 0.25) is 11.8 Å². The van der Waals surface area contributed by atoms with Gasteiger partial charge in [-0.2, -0.15) is 0 Å². The van der Waals surface area contributed by atoms with Crippen LogP contribution in [0.4, 0.5) is 13.6 Å². The number of rotatable bonds is 7. The Kier molecular flexibility index (Phi) is 8.33. The van der Waals surface area contributed by atoms with Crippen LogP contribution in [0.3, 0.4) is 0 Å². The molecule has 2 saturated heterocycles. The molecule has 0 radical (unpaired) electrons. The fourth-order valence-corrected chi connectivity index (χ4v) is 4.88. The van der Waals surface area contributed by atoms with E-state index in [1.807, 2.05) is 0 Å². The lowest BCUT2D eigenvalue weighted by molar-refractivity contribution is -0.146. The van der Waals surface area contributed by atoms with E-state index in [1.165, 1.54) is 18.2 Å². The molecule has 0 saturated carbocycles. The van der Waals surface area contributed by atoms with Gasteiger partial charge in [-0.05, 0) is 46.6 Å². The van der Waals surface area contributed by atoms with E-state index in [2.05, 4.69) is 10.0 Å². The van der Waals surface area contributed by atoms with Crippen LogP contribution in [0.25, 0.3) is 0 Å². The van der Waals surface area contributed by atoms with Gasteiger partial charge in [0.1, 0.15) is 28.7 Å². The predicted molar refractivity (Wildman–Crippen MR) is 122 cm³/mol. The van der Waals surface area contributed by atoms with Gasteiger partial charge in [-0.15, -0.1) is 4.72 Å². The largest absolute Gasteiger partial charge is 0.598 e. The summed E-state index contributed by atoms with van der Waals surface area (Å²) in [5.41, 5.74) is 0.617. The molecule has 0 spiro atoms. The number of hydrogen-bond donors (Lipinski definition) is 2. The number of carbonyl (C=O) groups excluding carboxylic acids is 3. The second-order valence-electron chi connectivity index (χ2n) is 9.65. The minimum atomic E-state index is -1.95. The van der Waals surface area contributed by atoms with Gasteiger partial charge >= 0.3 is 6.03 Å². The zero-order chi connectivity index (χ0) is 25.2. The van der Waals surface area contributed by atoms with Gasteiger partial charge < -0.3 is 9.29 Å². The summed E-state index contributed by atoms with van der Waals surface area (Å²) in [5.74, 6) is -3.86. The van der Waals surface area contributed by atoms with Crippen LogP contribution in [0.2, 0.25) is 0 Å². The molecule has 2 aliphatic rings. The van der Waals surface area contributed by atoms with E-state index >= 15 is 4.39 Å². The van der Waals surface area contributed by atoms with Gasteiger partial charge in [0, 0.05) is 42.6 Å². The van der Waals surface area contributed by atoms with E-state index in [9.17, 15) is 23.3 Å². The predicted octanol–water partition coefficient (Wildman–Crippen LogP) is 2.83. The molecule has 1 aromatic rings. The molecule has 4 amide bonds. The third-order valence-electron chi connectivity index (χ3n) is 5.96. The van der Waals surface area contributed by atoms with Crippen LogP contribution in [0.1, 0.15) is 57.2 Å². The molecule has 1 unspecified atom stereocenters. The lowest BCUT2D eigenvalue weighted by atomic mass is 9.90. The van der Waals surface area contributed by atoms with Gasteiger partial charge in [-0.25, -0.2) is 13.6 Å². The summed E-state index contributed by atoms with van der Waals surface area (Å²) in [7, 11) is 0. The Bertz CT molecular complexity index is 936. The summed E-state index contributed by atoms with van der Waals surface area (Å²) in [5, 5.41) is 2.14. The maximum absolute atomic E-state index is 15.8. The number of carbonyl (C=O) groups is 3. The average molecular weight is 500 g/mol. The molecular weight excluding hydrogens is 468 g/mol. The highest BCUT2D eigenvalue weighted by molar-refractivity contribution is 7.90. The molecule has 2 aliphatic heterocycles. The molecule has 2 heterocycles. The van der Waals surface area contributed by atoms with Gasteiger partial charge in [0.05, 0.1) is 0 Å². The zero-order valence-corrected chi connectivity index (χ0v) is 20.5. The van der Waals surface area contributed by atoms with Gasteiger partial charge in [-0.3, -0.25) is 19.8 Å². The molecule has 0 bridgehead atoms. The normalized spacial score (nSPS) is 23.0. The highest BCUT2D eigenvalue weighted by Gasteiger charge is 2.46. The summed E-state index contributed by atoms with van der Waals surface area (Å²) >= 11 is -1.76. The van der Waals surface area contributed by atoms with Crippen molar-refractivity contribution < 1.29 is 32.5 Å². The quantitative estimate of drug-likeness (QED) is 0.441. The Morgan fingerprint density at radius 1 is 1.26 bits per heavy atom. The maximum Gasteiger partial charge on any atom is 0.331 e. The summed E-state index contributed by atoms with van der Waals surface area (Å²) < 4.78 is 50.4. The van der Waals surface area contributed by atoms with Crippen LogP contribution in [0.15, 0.2) is 18.2 Å². The second-order valence-corrected chi connectivity index (χ2v) is 11.6. The Morgan fingerprint density at radius 2 is 1.91 bits per heavy atom. The number of urea groups is 1. The second kappa shape index (κ2) is 10.7. The minimum absolute atomic E-state index is 0.0499. The standard InChI is InChI=1S/C23H31F2N3O5S/c1-13-5-6-17(24)15(11-13)19(27-34(32)23(2,3)4)18(25)12-16-20(29)26-22(31)28(21(16)30)14-7-9-33-10-8-14/h5-6,11,14,16,18-19,27H,7-10,12H2,1-4H3,(H,26,29,31)/t16-,18+,19+,34?/m1/s1. The van der Waals surface area contributed by atoms with E-state index in [-0.39, 0.29) is 5.56 Å². The van der Waals surface area contributed by atoms with Crippen LogP contribution in [0, 0.1) is 18.7 Å². The highest BCUT2D eigenvalue weighted by atomic mass is 32.2. The van der Waals surface area contributed by atoms with Gasteiger partial charge in [0.25, 0.3) is 0 Å². The smallest absolute Gasteiger partial charge is 0.331 e. The Balaban J connectivity index is 1.87. The Hall–Kier alpha value is -2.08. The number of hydrogen-bond acceptors (Lipinski definition) is 6. The number of ether oxygens (including phenoxy) is 1. The summed E-state index contributed by atoms with van der Waals surface area (Å²) in [6, 6.07) is 1.50. The number of aryl methyl sites for hydroxylation is 1. The third-order valence-corrected chi connectivity index (χ3v) is 7.54. The number of alkyl halides is 1. The number of benzene rings is 1. The molecule has 188 valence electrons. The number of amides is 4. The van der Waals surface area contributed by atoms with Crippen molar-refractivity contribution in [2.45, 2.75) is 70.0 Å². The van der Waals surface area contributed by atoms with Gasteiger partial charge in [-0.1, -0.05) is 17.7 Å². The van der Waals surface area contributed by atoms with Crippen LogP contribution < -0.4 is 10.0 Å². The maximum atomic E-state index is 15.8. The molecular formula is C23H31F2N3O5S. The van der Waals surface area contributed by atoms with E-state index in [0.29, 0.717) is 31.6 Å². The lowest BCUT2D eigenvalue weighted by Gasteiger charge is -2.38. The topological polar surface area (TPSA) is 111 Å². The van der Waals surface area contributed by atoms with Crippen molar-refractivity contribution in [3.63, 3.8) is 0 Å². The molecule has 0 aromatic heterocycles. The minimum Gasteiger partial charge on any atom is -0.598 e. The van der Waals surface area contributed by atoms with Crippen LogP contribution in [-0.2, 0) is 25.7 Å². The van der Waals surface area contributed by atoms with Crippen molar-refractivity contribution in [2.75, 3.05) is 13.2 Å². The average Bonchev–Trinajstić information content (AvgIpc) is 2.76. The van der Waals surface area contributed by atoms with E-state index in [1.54, 1.807) is 27.7 Å². The number of barbiturate groups is 1. The van der Waals surface area contributed by atoms with E-state index in [0.717, 1.165) is 4.90 Å². The SMILES string of the molecule is Cc1ccc(F)c([C@H](N[S+]([O-])C(C)(C)C)[C@@H](F)C[C@@H]2C(=O)NC(=O)N(C3CCOCC3)C2=O)c1. The van der Waals surface area contributed by atoms with Gasteiger partial charge in [0.15, 0.2) is 0 Å².